The summed E-state index contributed by atoms with van der Waals surface area (Å²) in [6.45, 7) is -0.176. The summed E-state index contributed by atoms with van der Waals surface area (Å²) in [7, 11) is 0. The molecule has 0 bridgehead atoms. The number of benzene rings is 1. The van der Waals surface area contributed by atoms with E-state index in [1.54, 1.807) is 30.3 Å². The molecule has 2 heterocycles. The maximum atomic E-state index is 12.2. The van der Waals surface area contributed by atoms with Crippen LogP contribution in [0.3, 0.4) is 0 Å². The van der Waals surface area contributed by atoms with E-state index in [1.807, 2.05) is 0 Å². The van der Waals surface area contributed by atoms with E-state index < -0.39 is 11.7 Å². The molecule has 21 heavy (non-hydrogen) atoms. The minimum Gasteiger partial charge on any atom is -0.297 e. The number of halogens is 2. The van der Waals surface area contributed by atoms with Crippen molar-refractivity contribution >= 4 is 62.0 Å². The van der Waals surface area contributed by atoms with E-state index in [0.29, 0.717) is 24.9 Å². The number of fused-ring (bicyclic) bond motifs is 1. The van der Waals surface area contributed by atoms with Gasteiger partial charge < -0.3 is 0 Å². The Hall–Kier alpha value is -1.50. The third kappa shape index (κ3) is 2.43. The van der Waals surface area contributed by atoms with Gasteiger partial charge in [0.2, 0.25) is 0 Å². The predicted molar refractivity (Wildman–Crippen MR) is 84.5 cm³/mol. The maximum absolute atomic E-state index is 12.2. The molecule has 0 radical (unpaired) electrons. The molecule has 0 saturated heterocycles. The standard InChI is InChI=1S/C14H7BrClNO3S/c15-7-2-1-3-8-12(7)13(19)14(20)17(8)6-9(18)10-4-5-11(16)21-10/h1-5H,6H2. The Bertz CT molecular complexity index is 786. The normalized spacial score (nSPS) is 13.7. The lowest BCUT2D eigenvalue weighted by Gasteiger charge is -2.15. The SMILES string of the molecule is O=C(CN1C(=O)C(=O)c2c(Br)cccc21)c1ccc(Cl)s1. The van der Waals surface area contributed by atoms with Gasteiger partial charge in [-0.1, -0.05) is 17.7 Å². The largest absolute Gasteiger partial charge is 0.299 e. The Balaban J connectivity index is 1.94. The number of anilines is 1. The molecule has 0 spiro atoms. The monoisotopic (exact) mass is 383 g/mol. The molecule has 0 aliphatic carbocycles. The summed E-state index contributed by atoms with van der Waals surface area (Å²) in [6.07, 6.45) is 0. The fourth-order valence-electron chi connectivity index (χ4n) is 2.14. The van der Waals surface area contributed by atoms with Gasteiger partial charge in [-0.25, -0.2) is 0 Å². The van der Waals surface area contributed by atoms with Crippen molar-refractivity contribution in [3.05, 3.63) is 49.6 Å². The summed E-state index contributed by atoms with van der Waals surface area (Å²) < 4.78 is 1.05. The molecule has 1 aliphatic heterocycles. The van der Waals surface area contributed by atoms with E-state index in [0.717, 1.165) is 11.3 Å². The molecule has 1 aliphatic rings. The van der Waals surface area contributed by atoms with E-state index in [1.165, 1.54) is 4.90 Å². The number of hydrogen-bond donors (Lipinski definition) is 0. The number of thiophene rings is 1. The zero-order valence-corrected chi connectivity index (χ0v) is 13.6. The third-order valence-electron chi connectivity index (χ3n) is 3.10. The summed E-state index contributed by atoms with van der Waals surface area (Å²) in [5.74, 6) is -1.54. The van der Waals surface area contributed by atoms with Gasteiger partial charge in [0.05, 0.1) is 27.0 Å². The molecule has 0 unspecified atom stereocenters. The number of Topliss-reactive ketones (excluding diaryl/α,β-unsaturated/α-hetero) is 2. The zero-order chi connectivity index (χ0) is 15.1. The van der Waals surface area contributed by atoms with Crippen LogP contribution in [0.15, 0.2) is 34.8 Å². The molecular formula is C14H7BrClNO3S. The van der Waals surface area contributed by atoms with Crippen LogP contribution in [0.1, 0.15) is 20.0 Å². The molecule has 7 heteroatoms. The molecule has 0 saturated carbocycles. The molecular weight excluding hydrogens is 378 g/mol. The summed E-state index contributed by atoms with van der Waals surface area (Å²) in [5, 5.41) is 0. The predicted octanol–water partition coefficient (Wildman–Crippen LogP) is 3.58. The number of carbonyl (C=O) groups is 3. The van der Waals surface area contributed by atoms with Crippen LogP contribution in [0.5, 0.6) is 0 Å². The van der Waals surface area contributed by atoms with E-state index in [-0.39, 0.29) is 12.3 Å². The number of amides is 1. The fraction of sp³-hybridized carbons (Fsp3) is 0.0714. The van der Waals surface area contributed by atoms with E-state index in [9.17, 15) is 14.4 Å². The molecule has 0 atom stereocenters. The maximum Gasteiger partial charge on any atom is 0.299 e. The molecule has 1 aromatic carbocycles. The van der Waals surface area contributed by atoms with Gasteiger partial charge in [0.15, 0.2) is 5.78 Å². The minimum absolute atomic E-state index is 0.176. The van der Waals surface area contributed by atoms with Crippen LogP contribution in [0.4, 0.5) is 5.69 Å². The van der Waals surface area contributed by atoms with Crippen molar-refractivity contribution in [2.24, 2.45) is 0 Å². The summed E-state index contributed by atoms with van der Waals surface area (Å²) in [5.41, 5.74) is 0.759. The topological polar surface area (TPSA) is 54.5 Å². The lowest BCUT2D eigenvalue weighted by atomic mass is 10.1. The van der Waals surface area contributed by atoms with Crippen LogP contribution in [0.2, 0.25) is 4.34 Å². The third-order valence-corrected chi connectivity index (χ3v) is 5.03. The number of nitrogens with zero attached hydrogens (tertiary/aromatic N) is 1. The van der Waals surface area contributed by atoms with Crippen LogP contribution in [0, 0.1) is 0 Å². The van der Waals surface area contributed by atoms with Crippen molar-refractivity contribution in [2.45, 2.75) is 0 Å². The van der Waals surface area contributed by atoms with Crippen molar-refractivity contribution in [3.8, 4) is 0 Å². The highest BCUT2D eigenvalue weighted by Crippen LogP contribution is 2.34. The van der Waals surface area contributed by atoms with Gasteiger partial charge >= 0.3 is 0 Å². The Morgan fingerprint density at radius 3 is 2.67 bits per heavy atom. The van der Waals surface area contributed by atoms with E-state index >= 15 is 0 Å². The van der Waals surface area contributed by atoms with Crippen LogP contribution in [-0.2, 0) is 4.79 Å². The molecule has 1 aromatic heterocycles. The minimum atomic E-state index is -0.687. The van der Waals surface area contributed by atoms with E-state index in [2.05, 4.69) is 15.9 Å². The Morgan fingerprint density at radius 1 is 1.24 bits per heavy atom. The van der Waals surface area contributed by atoms with Crippen LogP contribution in [0.25, 0.3) is 0 Å². The summed E-state index contributed by atoms with van der Waals surface area (Å²) in [4.78, 5) is 37.9. The smallest absolute Gasteiger partial charge is 0.297 e. The Morgan fingerprint density at radius 2 is 2.00 bits per heavy atom. The van der Waals surface area contributed by atoms with Crippen LogP contribution in [-0.4, -0.2) is 24.0 Å². The number of hydrogen-bond acceptors (Lipinski definition) is 4. The molecule has 2 aromatic rings. The lowest BCUT2D eigenvalue weighted by molar-refractivity contribution is -0.114. The molecule has 0 fully saturated rings. The zero-order valence-electron chi connectivity index (χ0n) is 10.4. The first-order chi connectivity index (χ1) is 9.99. The van der Waals surface area contributed by atoms with Gasteiger partial charge in [0.1, 0.15) is 0 Å². The highest BCUT2D eigenvalue weighted by atomic mass is 79.9. The molecule has 4 nitrogen and oxygen atoms in total. The first-order valence-corrected chi connectivity index (χ1v) is 7.91. The average molecular weight is 385 g/mol. The number of rotatable bonds is 3. The van der Waals surface area contributed by atoms with Gasteiger partial charge in [0.25, 0.3) is 11.7 Å². The van der Waals surface area contributed by atoms with Crippen molar-refractivity contribution < 1.29 is 14.4 Å². The molecule has 1 amide bonds. The molecule has 3 rings (SSSR count). The average Bonchev–Trinajstić information content (AvgIpc) is 2.98. The summed E-state index contributed by atoms with van der Waals surface area (Å²) >= 11 is 10.2. The second-order valence-corrected chi connectivity index (χ2v) is 6.95. The first-order valence-electron chi connectivity index (χ1n) is 5.92. The van der Waals surface area contributed by atoms with Gasteiger partial charge in [-0.15, -0.1) is 11.3 Å². The first kappa shape index (κ1) is 14.4. The quantitative estimate of drug-likeness (QED) is 0.600. The van der Waals surface area contributed by atoms with Gasteiger partial charge in [-0.2, -0.15) is 0 Å². The second-order valence-electron chi connectivity index (χ2n) is 4.38. The van der Waals surface area contributed by atoms with Crippen LogP contribution < -0.4 is 4.90 Å². The van der Waals surface area contributed by atoms with Crippen molar-refractivity contribution in [1.82, 2.24) is 0 Å². The Labute approximate surface area is 137 Å². The van der Waals surface area contributed by atoms with Crippen LogP contribution >= 0.6 is 38.9 Å². The molecule has 0 N–H and O–H groups in total. The van der Waals surface area contributed by atoms with Crippen molar-refractivity contribution in [3.63, 3.8) is 0 Å². The highest BCUT2D eigenvalue weighted by molar-refractivity contribution is 9.10. The second kappa shape index (κ2) is 5.36. The highest BCUT2D eigenvalue weighted by Gasteiger charge is 2.38. The lowest BCUT2D eigenvalue weighted by Crippen LogP contribution is -2.34. The van der Waals surface area contributed by atoms with E-state index in [4.69, 9.17) is 11.6 Å². The number of ketones is 2. The van der Waals surface area contributed by atoms with Gasteiger partial charge in [0, 0.05) is 4.47 Å². The van der Waals surface area contributed by atoms with Crippen molar-refractivity contribution in [1.29, 1.82) is 0 Å². The van der Waals surface area contributed by atoms with Gasteiger partial charge in [-0.3, -0.25) is 19.3 Å². The number of carbonyl (C=O) groups excluding carboxylic acids is 3. The van der Waals surface area contributed by atoms with Gasteiger partial charge in [-0.05, 0) is 40.2 Å². The van der Waals surface area contributed by atoms with Crippen molar-refractivity contribution in [2.75, 3.05) is 11.4 Å². The summed E-state index contributed by atoms with van der Waals surface area (Å²) in [6, 6.07) is 8.29. The molecule has 106 valence electrons. The fourth-order valence-corrected chi connectivity index (χ4v) is 3.65. The Kier molecular flexibility index (Phi) is 3.69.